The zero-order valence-corrected chi connectivity index (χ0v) is 15.9. The first kappa shape index (κ1) is 17.8. The van der Waals surface area contributed by atoms with Crippen LogP contribution in [0.1, 0.15) is 44.1 Å². The van der Waals surface area contributed by atoms with E-state index in [4.69, 9.17) is 9.47 Å². The van der Waals surface area contributed by atoms with Crippen LogP contribution in [0.5, 0.6) is 5.75 Å². The minimum absolute atomic E-state index is 0.136. The minimum Gasteiger partial charge on any atom is -0.485 e. The number of rotatable bonds is 2. The Kier molecular flexibility index (Phi) is 4.93. The highest BCUT2D eigenvalue weighted by molar-refractivity contribution is 5.81. The summed E-state index contributed by atoms with van der Waals surface area (Å²) in [7, 11) is 4.30. The predicted molar refractivity (Wildman–Crippen MR) is 100 cm³/mol. The molecule has 0 radical (unpaired) electrons. The van der Waals surface area contributed by atoms with Crippen molar-refractivity contribution < 1.29 is 14.3 Å². The maximum atomic E-state index is 13.1. The van der Waals surface area contributed by atoms with Gasteiger partial charge in [0.2, 0.25) is 0 Å². The van der Waals surface area contributed by atoms with Crippen molar-refractivity contribution >= 4 is 5.91 Å². The fraction of sp³-hybridized carbons (Fsp3) is 0.667. The Bertz CT molecular complexity index is 646. The van der Waals surface area contributed by atoms with Crippen LogP contribution in [0.25, 0.3) is 0 Å². The lowest BCUT2D eigenvalue weighted by atomic mass is 9.81. The summed E-state index contributed by atoms with van der Waals surface area (Å²) in [5, 5.41) is 0. The summed E-state index contributed by atoms with van der Waals surface area (Å²) in [5.74, 6) is 1.08. The largest absolute Gasteiger partial charge is 0.485 e. The van der Waals surface area contributed by atoms with E-state index in [-0.39, 0.29) is 17.6 Å². The van der Waals surface area contributed by atoms with Crippen LogP contribution in [0.15, 0.2) is 24.3 Å². The number of benzene rings is 1. The summed E-state index contributed by atoms with van der Waals surface area (Å²) in [4.78, 5) is 17.4. The molecule has 5 heteroatoms. The lowest BCUT2D eigenvalue weighted by Gasteiger charge is -2.43. The minimum atomic E-state index is -0.270. The third-order valence-corrected chi connectivity index (χ3v) is 6.25. The van der Waals surface area contributed by atoms with E-state index in [0.29, 0.717) is 25.7 Å². The van der Waals surface area contributed by atoms with E-state index in [0.717, 1.165) is 49.8 Å². The van der Waals surface area contributed by atoms with Crippen molar-refractivity contribution in [2.45, 2.75) is 62.8 Å². The highest BCUT2D eigenvalue weighted by atomic mass is 16.5. The van der Waals surface area contributed by atoms with Crippen molar-refractivity contribution in [1.29, 1.82) is 0 Å². The van der Waals surface area contributed by atoms with Crippen LogP contribution in [0.4, 0.5) is 0 Å². The summed E-state index contributed by atoms with van der Waals surface area (Å²) >= 11 is 0. The van der Waals surface area contributed by atoms with Gasteiger partial charge in [-0.1, -0.05) is 18.2 Å². The number of amides is 1. The smallest absolute Gasteiger partial charge is 0.252 e. The Hall–Kier alpha value is -1.59. The molecule has 1 unspecified atom stereocenters. The van der Waals surface area contributed by atoms with Gasteiger partial charge < -0.3 is 19.3 Å². The molecule has 4 rings (SSSR count). The quantitative estimate of drug-likeness (QED) is 0.815. The van der Waals surface area contributed by atoms with E-state index in [1.807, 2.05) is 17.0 Å². The molecule has 0 aromatic heterocycles. The Morgan fingerprint density at radius 3 is 2.65 bits per heavy atom. The molecule has 2 fully saturated rings. The molecule has 1 aromatic carbocycles. The molecule has 1 atom stereocenters. The topological polar surface area (TPSA) is 42.0 Å². The highest BCUT2D eigenvalue weighted by Gasteiger charge is 2.43. The number of carbonyl (C=O) groups excluding carboxylic acids is 1. The SMILES string of the molecule is CN(C)C1CCC2(CC1)CN(C(=O)C1CCCO1)Cc1ccccc1O2. The van der Waals surface area contributed by atoms with Crippen LogP contribution in [0.2, 0.25) is 0 Å². The number of nitrogens with zero attached hydrogens (tertiary/aromatic N) is 2. The number of fused-ring (bicyclic) bond motifs is 1. The molecule has 0 N–H and O–H groups in total. The van der Waals surface area contributed by atoms with Crippen LogP contribution >= 0.6 is 0 Å². The number of hydrogen-bond acceptors (Lipinski definition) is 4. The average molecular weight is 358 g/mol. The van der Waals surface area contributed by atoms with Gasteiger partial charge in [-0.2, -0.15) is 0 Å². The average Bonchev–Trinajstić information content (AvgIpc) is 3.12. The van der Waals surface area contributed by atoms with Crippen molar-refractivity contribution in [3.63, 3.8) is 0 Å². The van der Waals surface area contributed by atoms with Gasteiger partial charge in [0, 0.05) is 24.8 Å². The molecule has 142 valence electrons. The lowest BCUT2D eigenvalue weighted by molar-refractivity contribution is -0.144. The van der Waals surface area contributed by atoms with Crippen LogP contribution in [0, 0.1) is 0 Å². The zero-order chi connectivity index (χ0) is 18.1. The first-order valence-electron chi connectivity index (χ1n) is 9.90. The third-order valence-electron chi connectivity index (χ3n) is 6.25. The molecule has 26 heavy (non-hydrogen) atoms. The maximum absolute atomic E-state index is 13.1. The number of para-hydroxylation sites is 1. The van der Waals surface area contributed by atoms with Crippen LogP contribution in [0.3, 0.4) is 0 Å². The third kappa shape index (κ3) is 3.47. The van der Waals surface area contributed by atoms with E-state index in [9.17, 15) is 4.79 Å². The first-order valence-corrected chi connectivity index (χ1v) is 9.90. The Labute approximate surface area is 156 Å². The summed E-state index contributed by atoms with van der Waals surface area (Å²) in [6.07, 6.45) is 5.74. The second-order valence-corrected chi connectivity index (χ2v) is 8.28. The highest BCUT2D eigenvalue weighted by Crippen LogP contribution is 2.39. The number of carbonyl (C=O) groups is 1. The Morgan fingerprint density at radius 2 is 1.96 bits per heavy atom. The standard InChI is InChI=1S/C21H30N2O3/c1-22(2)17-9-11-21(12-10-17)15-23(20(24)19-8-5-13-25-19)14-16-6-3-4-7-18(16)26-21/h3-4,6-7,17,19H,5,8-15H2,1-2H3. The van der Waals surface area contributed by atoms with Gasteiger partial charge >= 0.3 is 0 Å². The Morgan fingerprint density at radius 1 is 1.19 bits per heavy atom. The predicted octanol–water partition coefficient (Wildman–Crippen LogP) is 2.83. The molecule has 2 heterocycles. The number of hydrogen-bond donors (Lipinski definition) is 0. The van der Waals surface area contributed by atoms with Gasteiger partial charge in [0.15, 0.2) is 0 Å². The fourth-order valence-electron chi connectivity index (χ4n) is 4.65. The number of ether oxygens (including phenoxy) is 2. The van der Waals surface area contributed by atoms with E-state index >= 15 is 0 Å². The Balaban J connectivity index is 1.59. The lowest BCUT2D eigenvalue weighted by Crippen LogP contribution is -2.53. The molecule has 5 nitrogen and oxygen atoms in total. The molecule has 1 saturated carbocycles. The van der Waals surface area contributed by atoms with Crippen molar-refractivity contribution in [2.75, 3.05) is 27.2 Å². The summed E-state index contributed by atoms with van der Waals surface area (Å²) < 4.78 is 12.3. The van der Waals surface area contributed by atoms with Crippen LogP contribution < -0.4 is 4.74 Å². The van der Waals surface area contributed by atoms with Gasteiger partial charge in [0.05, 0.1) is 6.54 Å². The van der Waals surface area contributed by atoms with Crippen molar-refractivity contribution in [2.24, 2.45) is 0 Å². The first-order chi connectivity index (χ1) is 12.6. The van der Waals surface area contributed by atoms with Gasteiger partial charge in [-0.05, 0) is 58.7 Å². The van der Waals surface area contributed by atoms with Gasteiger partial charge in [0.1, 0.15) is 17.5 Å². The molecule has 0 bridgehead atoms. The van der Waals surface area contributed by atoms with Crippen molar-refractivity contribution in [3.8, 4) is 5.75 Å². The summed E-state index contributed by atoms with van der Waals surface area (Å²) in [6, 6.07) is 8.78. The summed E-state index contributed by atoms with van der Waals surface area (Å²) in [6.45, 7) is 1.99. The molecule has 2 aliphatic heterocycles. The monoisotopic (exact) mass is 358 g/mol. The van der Waals surface area contributed by atoms with E-state index in [1.54, 1.807) is 0 Å². The van der Waals surface area contributed by atoms with Gasteiger partial charge in [-0.15, -0.1) is 0 Å². The molecular formula is C21H30N2O3. The molecule has 1 saturated heterocycles. The molecule has 3 aliphatic rings. The van der Waals surface area contributed by atoms with Crippen molar-refractivity contribution in [1.82, 2.24) is 9.80 Å². The second kappa shape index (κ2) is 7.20. The van der Waals surface area contributed by atoms with E-state index in [2.05, 4.69) is 31.1 Å². The maximum Gasteiger partial charge on any atom is 0.252 e. The normalized spacial score (nSPS) is 31.6. The molecule has 1 aromatic rings. The van der Waals surface area contributed by atoms with Crippen molar-refractivity contribution in [3.05, 3.63) is 29.8 Å². The van der Waals surface area contributed by atoms with Crippen LogP contribution in [-0.2, 0) is 16.1 Å². The zero-order valence-electron chi connectivity index (χ0n) is 15.9. The van der Waals surface area contributed by atoms with Crippen LogP contribution in [-0.4, -0.2) is 60.7 Å². The van der Waals surface area contributed by atoms with Gasteiger partial charge in [0.25, 0.3) is 5.91 Å². The molecular weight excluding hydrogens is 328 g/mol. The summed E-state index contributed by atoms with van der Waals surface area (Å²) in [5.41, 5.74) is 0.832. The fourth-order valence-corrected chi connectivity index (χ4v) is 4.65. The molecule has 1 amide bonds. The van der Waals surface area contributed by atoms with E-state index in [1.165, 1.54) is 0 Å². The van der Waals surface area contributed by atoms with Gasteiger partial charge in [-0.3, -0.25) is 4.79 Å². The molecule has 1 aliphatic carbocycles. The molecule has 1 spiro atoms. The van der Waals surface area contributed by atoms with E-state index < -0.39 is 0 Å². The van der Waals surface area contributed by atoms with Gasteiger partial charge in [-0.25, -0.2) is 0 Å². The second-order valence-electron chi connectivity index (χ2n) is 8.28.